The van der Waals surface area contributed by atoms with E-state index in [1.807, 2.05) is 0 Å². The molecule has 1 heterocycles. The Kier molecular flexibility index (Phi) is 5.73. The zero-order chi connectivity index (χ0) is 17.7. The van der Waals surface area contributed by atoms with Crippen LogP contribution in [0.25, 0.3) is 0 Å². The van der Waals surface area contributed by atoms with E-state index in [1.165, 1.54) is 19.1 Å². The number of esters is 1. The summed E-state index contributed by atoms with van der Waals surface area (Å²) in [5, 5.41) is 13.7. The number of ether oxygens (including phenoxy) is 1. The van der Waals surface area contributed by atoms with Crippen molar-refractivity contribution < 1.29 is 19.2 Å². The van der Waals surface area contributed by atoms with Gasteiger partial charge in [-0.2, -0.15) is 0 Å². The predicted molar refractivity (Wildman–Crippen MR) is 88.0 cm³/mol. The third-order valence-corrected chi connectivity index (χ3v) is 4.00. The van der Waals surface area contributed by atoms with Gasteiger partial charge in [-0.3, -0.25) is 14.9 Å². The lowest BCUT2D eigenvalue weighted by molar-refractivity contribution is -0.384. The summed E-state index contributed by atoms with van der Waals surface area (Å²) in [5.74, 6) is -0.983. The van der Waals surface area contributed by atoms with Crippen LogP contribution in [-0.2, 0) is 9.53 Å². The van der Waals surface area contributed by atoms with Crippen LogP contribution in [0.15, 0.2) is 18.2 Å². The van der Waals surface area contributed by atoms with Crippen LogP contribution >= 0.6 is 0 Å². The van der Waals surface area contributed by atoms with E-state index in [0.29, 0.717) is 18.8 Å². The quantitative estimate of drug-likeness (QED) is 0.503. The van der Waals surface area contributed by atoms with Gasteiger partial charge in [-0.05, 0) is 38.3 Å². The molecular formula is C16H21N3O5. The van der Waals surface area contributed by atoms with Crippen LogP contribution in [0, 0.1) is 10.1 Å². The largest absolute Gasteiger partial charge is 0.449 e. The molecule has 0 unspecified atom stereocenters. The molecule has 1 aliphatic heterocycles. The van der Waals surface area contributed by atoms with Crippen molar-refractivity contribution >= 4 is 23.3 Å². The van der Waals surface area contributed by atoms with E-state index in [2.05, 4.69) is 5.32 Å². The van der Waals surface area contributed by atoms with Crippen molar-refractivity contribution in [2.24, 2.45) is 0 Å². The van der Waals surface area contributed by atoms with Gasteiger partial charge >= 0.3 is 5.97 Å². The van der Waals surface area contributed by atoms with Gasteiger partial charge in [0.1, 0.15) is 5.69 Å². The predicted octanol–water partition coefficient (Wildman–Crippen LogP) is 2.19. The summed E-state index contributed by atoms with van der Waals surface area (Å²) in [6.45, 7) is 2.86. The molecule has 0 bridgehead atoms. The summed E-state index contributed by atoms with van der Waals surface area (Å²) in [6.07, 6.45) is 2.08. The fourth-order valence-electron chi connectivity index (χ4n) is 2.67. The van der Waals surface area contributed by atoms with Crippen molar-refractivity contribution in [1.29, 1.82) is 0 Å². The molecule has 1 aromatic rings. The molecule has 8 heteroatoms. The van der Waals surface area contributed by atoms with Gasteiger partial charge in [-0.25, -0.2) is 4.79 Å². The third-order valence-electron chi connectivity index (χ3n) is 4.00. The number of nitro groups is 1. The van der Waals surface area contributed by atoms with Gasteiger partial charge in [-0.1, -0.05) is 0 Å². The van der Waals surface area contributed by atoms with Crippen molar-refractivity contribution in [3.05, 3.63) is 33.9 Å². The molecule has 0 aromatic heterocycles. The van der Waals surface area contributed by atoms with Crippen molar-refractivity contribution in [1.82, 2.24) is 4.90 Å². The van der Waals surface area contributed by atoms with Crippen LogP contribution in [0.5, 0.6) is 0 Å². The minimum atomic E-state index is -0.918. The van der Waals surface area contributed by atoms with Crippen LogP contribution in [-0.4, -0.2) is 47.9 Å². The smallest absolute Gasteiger partial charge is 0.339 e. The molecule has 0 radical (unpaired) electrons. The molecule has 1 atom stereocenters. The average molecular weight is 335 g/mol. The minimum absolute atomic E-state index is 0.0407. The Hall–Kier alpha value is -2.64. The SMILES string of the molecule is CNc1ccc(C(=O)O[C@H](C)C(=O)N2CCCCC2)cc1[N+](=O)[O-]. The fourth-order valence-corrected chi connectivity index (χ4v) is 2.67. The maximum atomic E-state index is 12.3. The number of likely N-dealkylation sites (tertiary alicyclic amines) is 1. The number of anilines is 1. The Morgan fingerprint density at radius 3 is 2.54 bits per heavy atom. The number of amides is 1. The van der Waals surface area contributed by atoms with Gasteiger partial charge in [0.2, 0.25) is 0 Å². The highest BCUT2D eigenvalue weighted by molar-refractivity contribution is 5.93. The number of hydrogen-bond acceptors (Lipinski definition) is 6. The average Bonchev–Trinajstić information content (AvgIpc) is 2.60. The highest BCUT2D eigenvalue weighted by atomic mass is 16.6. The normalized spacial score (nSPS) is 15.5. The summed E-state index contributed by atoms with van der Waals surface area (Å²) in [6, 6.07) is 4.01. The van der Waals surface area contributed by atoms with Gasteiger partial charge in [0.05, 0.1) is 10.5 Å². The van der Waals surface area contributed by atoms with Crippen LogP contribution < -0.4 is 5.32 Å². The van der Waals surface area contributed by atoms with E-state index in [0.717, 1.165) is 25.3 Å². The number of rotatable bonds is 5. The molecule has 0 spiro atoms. The maximum absolute atomic E-state index is 12.3. The Morgan fingerprint density at radius 2 is 1.96 bits per heavy atom. The molecular weight excluding hydrogens is 314 g/mol. The highest BCUT2D eigenvalue weighted by Crippen LogP contribution is 2.25. The summed E-state index contributed by atoms with van der Waals surface area (Å²) in [4.78, 5) is 36.6. The van der Waals surface area contributed by atoms with E-state index in [-0.39, 0.29) is 17.2 Å². The molecule has 0 aliphatic carbocycles. The maximum Gasteiger partial charge on any atom is 0.339 e. The molecule has 130 valence electrons. The number of nitro benzene ring substituents is 1. The second-order valence-corrected chi connectivity index (χ2v) is 5.67. The monoisotopic (exact) mass is 335 g/mol. The van der Waals surface area contributed by atoms with Crippen molar-refractivity contribution in [3.63, 3.8) is 0 Å². The van der Waals surface area contributed by atoms with E-state index in [9.17, 15) is 19.7 Å². The fraction of sp³-hybridized carbons (Fsp3) is 0.500. The highest BCUT2D eigenvalue weighted by Gasteiger charge is 2.26. The topological polar surface area (TPSA) is 102 Å². The molecule has 1 fully saturated rings. The lowest BCUT2D eigenvalue weighted by Gasteiger charge is -2.28. The Balaban J connectivity index is 2.07. The number of benzene rings is 1. The Morgan fingerprint density at radius 1 is 1.29 bits per heavy atom. The van der Waals surface area contributed by atoms with Gasteiger partial charge in [-0.15, -0.1) is 0 Å². The molecule has 0 saturated carbocycles. The zero-order valence-corrected chi connectivity index (χ0v) is 13.8. The number of piperidine rings is 1. The first-order chi connectivity index (χ1) is 11.4. The lowest BCUT2D eigenvalue weighted by Crippen LogP contribution is -2.42. The van der Waals surface area contributed by atoms with Crippen LogP contribution in [0.2, 0.25) is 0 Å². The van der Waals surface area contributed by atoms with E-state index < -0.39 is 17.0 Å². The van der Waals surface area contributed by atoms with Crippen molar-refractivity contribution in [3.8, 4) is 0 Å². The number of nitrogens with zero attached hydrogens (tertiary/aromatic N) is 2. The standard InChI is InChI=1S/C16H21N3O5/c1-11(15(20)18-8-4-3-5-9-18)24-16(21)12-6-7-13(17-2)14(10-12)19(22)23/h6-7,10-11,17H,3-5,8-9H2,1-2H3/t11-/m1/s1. The second kappa shape index (κ2) is 7.76. The summed E-state index contributed by atoms with van der Waals surface area (Å²) < 4.78 is 5.19. The first-order valence-electron chi connectivity index (χ1n) is 7.90. The Labute approximate surface area is 139 Å². The van der Waals surface area contributed by atoms with E-state index >= 15 is 0 Å². The molecule has 1 aliphatic rings. The summed E-state index contributed by atoms with van der Waals surface area (Å²) in [7, 11) is 1.56. The number of carbonyl (C=O) groups is 2. The number of hydrogen-bond donors (Lipinski definition) is 1. The summed E-state index contributed by atoms with van der Waals surface area (Å²) in [5.41, 5.74) is 0.120. The van der Waals surface area contributed by atoms with Crippen molar-refractivity contribution in [2.45, 2.75) is 32.3 Å². The molecule has 1 saturated heterocycles. The lowest BCUT2D eigenvalue weighted by atomic mass is 10.1. The van der Waals surface area contributed by atoms with Gasteiger partial charge < -0.3 is 15.0 Å². The van der Waals surface area contributed by atoms with Gasteiger partial charge in [0.15, 0.2) is 6.10 Å². The minimum Gasteiger partial charge on any atom is -0.449 e. The number of nitrogens with one attached hydrogen (secondary N) is 1. The third kappa shape index (κ3) is 4.01. The van der Waals surface area contributed by atoms with Crippen LogP contribution in [0.3, 0.4) is 0 Å². The van der Waals surface area contributed by atoms with Gasteiger partial charge in [0.25, 0.3) is 11.6 Å². The molecule has 24 heavy (non-hydrogen) atoms. The van der Waals surface area contributed by atoms with Crippen molar-refractivity contribution in [2.75, 3.05) is 25.5 Å². The van der Waals surface area contributed by atoms with E-state index in [1.54, 1.807) is 11.9 Å². The first-order valence-corrected chi connectivity index (χ1v) is 7.90. The van der Waals surface area contributed by atoms with Gasteiger partial charge in [0, 0.05) is 26.2 Å². The number of carbonyl (C=O) groups excluding carboxylic acids is 2. The summed E-state index contributed by atoms with van der Waals surface area (Å²) >= 11 is 0. The first kappa shape index (κ1) is 17.7. The van der Waals surface area contributed by atoms with Crippen LogP contribution in [0.4, 0.5) is 11.4 Å². The van der Waals surface area contributed by atoms with E-state index in [4.69, 9.17) is 4.74 Å². The second-order valence-electron chi connectivity index (χ2n) is 5.67. The zero-order valence-electron chi connectivity index (χ0n) is 13.8. The molecule has 1 N–H and O–H groups in total. The Bertz CT molecular complexity index is 641. The molecule has 2 rings (SSSR count). The molecule has 1 aromatic carbocycles. The molecule has 1 amide bonds. The van der Waals surface area contributed by atoms with Crippen LogP contribution in [0.1, 0.15) is 36.5 Å². The molecule has 8 nitrogen and oxygen atoms in total.